The minimum atomic E-state index is 0.906. The number of hydrogen-bond donors (Lipinski definition) is 0. The highest BCUT2D eigenvalue weighted by Gasteiger charge is 2.19. The van der Waals surface area contributed by atoms with Gasteiger partial charge in [0.15, 0.2) is 0 Å². The van der Waals surface area contributed by atoms with Gasteiger partial charge < -0.3 is 13.9 Å². The number of anilines is 3. The SMILES string of the molecule is c1ccc2c(c1)ccc1cccc(N(c3ccc(-c4ccc(-n5c6ccccc6c6ccccc65)cc4)cc3)c3ccc(-c4cccc5c4oc4ccccc45)cc3)c12. The van der Waals surface area contributed by atoms with E-state index in [2.05, 4.69) is 216 Å². The number of hydrogen-bond acceptors (Lipinski definition) is 2. The number of rotatable bonds is 6. The Hall–Kier alpha value is -7.88. The second-order valence-corrected chi connectivity index (χ2v) is 15.3. The first-order chi connectivity index (χ1) is 29.3. The Morgan fingerprint density at radius 1 is 0.356 bits per heavy atom. The van der Waals surface area contributed by atoms with Crippen LogP contribution < -0.4 is 4.90 Å². The van der Waals surface area contributed by atoms with E-state index in [4.69, 9.17) is 4.42 Å². The highest BCUT2D eigenvalue weighted by Crippen LogP contribution is 2.43. The molecule has 12 aromatic rings. The van der Waals surface area contributed by atoms with Gasteiger partial charge in [-0.2, -0.15) is 0 Å². The fourth-order valence-corrected chi connectivity index (χ4v) is 9.22. The minimum Gasteiger partial charge on any atom is -0.455 e. The molecule has 3 nitrogen and oxygen atoms in total. The van der Waals surface area contributed by atoms with Crippen LogP contribution in [-0.2, 0) is 0 Å². The van der Waals surface area contributed by atoms with Crippen LogP contribution in [0.4, 0.5) is 17.1 Å². The normalized spacial score (nSPS) is 11.7. The Labute approximate surface area is 341 Å². The zero-order chi connectivity index (χ0) is 38.9. The van der Waals surface area contributed by atoms with Gasteiger partial charge in [-0.15, -0.1) is 0 Å². The second kappa shape index (κ2) is 13.4. The van der Waals surface area contributed by atoms with E-state index in [0.717, 1.165) is 55.8 Å². The van der Waals surface area contributed by atoms with Crippen molar-refractivity contribution in [1.29, 1.82) is 0 Å². The fourth-order valence-electron chi connectivity index (χ4n) is 9.22. The second-order valence-electron chi connectivity index (χ2n) is 15.3. The van der Waals surface area contributed by atoms with Crippen LogP contribution in [-0.4, -0.2) is 4.57 Å². The van der Waals surface area contributed by atoms with Crippen molar-refractivity contribution in [2.75, 3.05) is 4.90 Å². The zero-order valence-electron chi connectivity index (χ0n) is 32.1. The molecule has 0 bridgehead atoms. The van der Waals surface area contributed by atoms with E-state index in [9.17, 15) is 0 Å². The smallest absolute Gasteiger partial charge is 0.143 e. The van der Waals surface area contributed by atoms with Crippen LogP contribution in [0.5, 0.6) is 0 Å². The number of aromatic nitrogens is 1. The van der Waals surface area contributed by atoms with Crippen molar-refractivity contribution in [1.82, 2.24) is 4.57 Å². The molecule has 0 atom stereocenters. The summed E-state index contributed by atoms with van der Waals surface area (Å²) in [5.74, 6) is 0. The summed E-state index contributed by atoms with van der Waals surface area (Å²) in [4.78, 5) is 2.40. The molecule has 0 spiro atoms. The molecule has 3 heteroatoms. The molecule has 0 fully saturated rings. The monoisotopic (exact) mass is 752 g/mol. The first kappa shape index (κ1) is 33.3. The lowest BCUT2D eigenvalue weighted by molar-refractivity contribution is 0.670. The van der Waals surface area contributed by atoms with Gasteiger partial charge in [0.2, 0.25) is 0 Å². The summed E-state index contributed by atoms with van der Waals surface area (Å²) in [6.07, 6.45) is 0. The molecule has 2 heterocycles. The van der Waals surface area contributed by atoms with Crippen molar-refractivity contribution >= 4 is 82.4 Å². The van der Waals surface area contributed by atoms with Crippen molar-refractivity contribution in [3.63, 3.8) is 0 Å². The summed E-state index contributed by atoms with van der Waals surface area (Å²) in [5, 5.41) is 9.70. The van der Waals surface area contributed by atoms with Crippen molar-refractivity contribution in [3.05, 3.63) is 218 Å². The first-order valence-corrected chi connectivity index (χ1v) is 20.2. The third-order valence-corrected chi connectivity index (χ3v) is 12.0. The third kappa shape index (κ3) is 5.36. The average Bonchev–Trinajstić information content (AvgIpc) is 3.86. The molecule has 0 radical (unpaired) electrons. The minimum absolute atomic E-state index is 0.906. The molecule has 276 valence electrons. The highest BCUT2D eigenvalue weighted by molar-refractivity contribution is 6.15. The molecule has 0 saturated heterocycles. The summed E-state index contributed by atoms with van der Waals surface area (Å²) in [5.41, 5.74) is 13.2. The Morgan fingerprint density at radius 3 is 1.59 bits per heavy atom. The maximum absolute atomic E-state index is 6.44. The number of fused-ring (bicyclic) bond motifs is 9. The van der Waals surface area contributed by atoms with Crippen LogP contribution in [0.2, 0.25) is 0 Å². The maximum atomic E-state index is 6.44. The fraction of sp³-hybridized carbons (Fsp3) is 0. The Balaban J connectivity index is 0.958. The van der Waals surface area contributed by atoms with Gasteiger partial charge in [-0.1, -0.05) is 158 Å². The lowest BCUT2D eigenvalue weighted by Gasteiger charge is -2.28. The molecular formula is C56H36N2O. The van der Waals surface area contributed by atoms with E-state index < -0.39 is 0 Å². The number of benzene rings is 10. The van der Waals surface area contributed by atoms with Gasteiger partial charge in [0, 0.05) is 49.6 Å². The van der Waals surface area contributed by atoms with Gasteiger partial charge in [0.1, 0.15) is 11.2 Å². The lowest BCUT2D eigenvalue weighted by atomic mass is 9.98. The van der Waals surface area contributed by atoms with Crippen molar-refractivity contribution in [3.8, 4) is 27.9 Å². The van der Waals surface area contributed by atoms with Gasteiger partial charge in [-0.3, -0.25) is 0 Å². The number of nitrogens with zero attached hydrogens (tertiary/aromatic N) is 2. The molecule has 0 aliphatic rings. The number of para-hydroxylation sites is 4. The van der Waals surface area contributed by atoms with E-state index in [1.807, 2.05) is 12.1 Å². The summed E-state index contributed by atoms with van der Waals surface area (Å²) in [6.45, 7) is 0. The summed E-state index contributed by atoms with van der Waals surface area (Å²) < 4.78 is 8.81. The van der Waals surface area contributed by atoms with E-state index >= 15 is 0 Å². The third-order valence-electron chi connectivity index (χ3n) is 12.0. The molecule has 0 unspecified atom stereocenters. The van der Waals surface area contributed by atoms with Gasteiger partial charge in [-0.05, 0) is 93.5 Å². The van der Waals surface area contributed by atoms with Crippen molar-refractivity contribution < 1.29 is 4.42 Å². The quantitative estimate of drug-likeness (QED) is 0.158. The molecule has 59 heavy (non-hydrogen) atoms. The van der Waals surface area contributed by atoms with Crippen LogP contribution in [0.1, 0.15) is 0 Å². The molecule has 0 aliphatic carbocycles. The van der Waals surface area contributed by atoms with Crippen LogP contribution in [0, 0.1) is 0 Å². The van der Waals surface area contributed by atoms with E-state index in [0.29, 0.717) is 0 Å². The van der Waals surface area contributed by atoms with E-state index in [-0.39, 0.29) is 0 Å². The summed E-state index contributed by atoms with van der Waals surface area (Å²) in [6, 6.07) is 78.7. The standard InChI is InChI=1S/C56H36N2O/c1-2-13-45-39(11-1)23-24-41-12-9-21-53(55(41)45)57(43-35-29-40(30-36-43)46-17-10-18-50-49-16-5-8-22-54(49)59-56(46)50)42-31-25-37(26-32-42)38-27-33-44(34-28-38)58-51-19-6-3-14-47(51)48-15-4-7-20-52(48)58/h1-36H. The van der Waals surface area contributed by atoms with Crippen molar-refractivity contribution in [2.24, 2.45) is 0 Å². The largest absolute Gasteiger partial charge is 0.455 e. The molecule has 0 N–H and O–H groups in total. The van der Waals surface area contributed by atoms with Crippen molar-refractivity contribution in [2.45, 2.75) is 0 Å². The first-order valence-electron chi connectivity index (χ1n) is 20.2. The highest BCUT2D eigenvalue weighted by atomic mass is 16.3. The Bertz CT molecular complexity index is 3480. The van der Waals surface area contributed by atoms with Gasteiger partial charge in [0.05, 0.1) is 16.7 Å². The topological polar surface area (TPSA) is 21.3 Å². The maximum Gasteiger partial charge on any atom is 0.143 e. The lowest BCUT2D eigenvalue weighted by Crippen LogP contribution is -2.10. The zero-order valence-corrected chi connectivity index (χ0v) is 32.1. The van der Waals surface area contributed by atoms with E-state index in [1.165, 1.54) is 54.5 Å². The Kier molecular flexibility index (Phi) is 7.54. The molecule has 10 aromatic carbocycles. The molecule has 2 aromatic heterocycles. The Morgan fingerprint density at radius 2 is 0.881 bits per heavy atom. The van der Waals surface area contributed by atoms with Crippen LogP contribution in [0.15, 0.2) is 223 Å². The van der Waals surface area contributed by atoms with Gasteiger partial charge in [0.25, 0.3) is 0 Å². The van der Waals surface area contributed by atoms with Crippen LogP contribution in [0.3, 0.4) is 0 Å². The molecular weight excluding hydrogens is 717 g/mol. The van der Waals surface area contributed by atoms with Crippen LogP contribution >= 0.6 is 0 Å². The molecule has 0 saturated carbocycles. The summed E-state index contributed by atoms with van der Waals surface area (Å²) in [7, 11) is 0. The van der Waals surface area contributed by atoms with Crippen LogP contribution in [0.25, 0.3) is 93.2 Å². The molecule has 0 aliphatic heterocycles. The predicted octanol–water partition coefficient (Wildman–Crippen LogP) is 15.8. The van der Waals surface area contributed by atoms with Gasteiger partial charge in [-0.25, -0.2) is 0 Å². The molecule has 12 rings (SSSR count). The molecule has 0 amide bonds. The average molecular weight is 753 g/mol. The van der Waals surface area contributed by atoms with Gasteiger partial charge >= 0.3 is 0 Å². The van der Waals surface area contributed by atoms with E-state index in [1.54, 1.807) is 0 Å². The predicted molar refractivity (Wildman–Crippen MR) is 249 cm³/mol. The number of furan rings is 1. The summed E-state index contributed by atoms with van der Waals surface area (Å²) >= 11 is 0.